The van der Waals surface area contributed by atoms with E-state index < -0.39 is 5.82 Å². The van der Waals surface area contributed by atoms with Crippen molar-refractivity contribution in [1.29, 1.82) is 0 Å². The van der Waals surface area contributed by atoms with Crippen LogP contribution >= 0.6 is 0 Å². The molecule has 3 nitrogen and oxygen atoms in total. The average molecular weight is 273 g/mol. The molecule has 2 rings (SSSR count). The van der Waals surface area contributed by atoms with Gasteiger partial charge in [-0.1, -0.05) is 6.07 Å². The summed E-state index contributed by atoms with van der Waals surface area (Å²) in [5.74, 6) is 0.132. The Morgan fingerprint density at radius 3 is 2.60 bits per heavy atom. The van der Waals surface area contributed by atoms with Crippen molar-refractivity contribution in [2.24, 2.45) is 0 Å². The van der Waals surface area contributed by atoms with Crippen molar-refractivity contribution < 1.29 is 13.9 Å². The van der Waals surface area contributed by atoms with E-state index in [2.05, 4.69) is 0 Å². The Kier molecular flexibility index (Phi) is 4.03. The lowest BCUT2D eigenvalue weighted by Crippen LogP contribution is -2.13. The fourth-order valence-corrected chi connectivity index (χ4v) is 2.04. The molecule has 104 valence electrons. The Balaban J connectivity index is 2.47. The SMILES string of the molecule is COc1cccc(N(C)c2ccc(F)cc2C(C)=O)c1. The van der Waals surface area contributed by atoms with Crippen LogP contribution in [0.4, 0.5) is 15.8 Å². The number of anilines is 2. The molecule has 0 aliphatic carbocycles. The molecule has 0 unspecified atom stereocenters. The van der Waals surface area contributed by atoms with E-state index in [9.17, 15) is 9.18 Å². The summed E-state index contributed by atoms with van der Waals surface area (Å²) in [5, 5.41) is 0. The molecule has 4 heteroatoms. The first-order valence-electron chi connectivity index (χ1n) is 6.21. The van der Waals surface area contributed by atoms with Gasteiger partial charge in [0, 0.05) is 24.4 Å². The highest BCUT2D eigenvalue weighted by Crippen LogP contribution is 2.30. The predicted octanol–water partition coefficient (Wildman–Crippen LogP) is 3.80. The molecule has 0 heterocycles. The molecule has 0 N–H and O–H groups in total. The number of Topliss-reactive ketones (excluding diaryl/α,β-unsaturated/α-hetero) is 1. The maximum atomic E-state index is 13.3. The lowest BCUT2D eigenvalue weighted by Gasteiger charge is -2.22. The number of rotatable bonds is 4. The van der Waals surface area contributed by atoms with Crippen molar-refractivity contribution in [3.05, 3.63) is 53.8 Å². The van der Waals surface area contributed by atoms with E-state index in [0.29, 0.717) is 11.3 Å². The van der Waals surface area contributed by atoms with Gasteiger partial charge >= 0.3 is 0 Å². The van der Waals surface area contributed by atoms with E-state index >= 15 is 0 Å². The van der Waals surface area contributed by atoms with Crippen LogP contribution in [-0.2, 0) is 0 Å². The molecule has 20 heavy (non-hydrogen) atoms. The molecule has 2 aromatic carbocycles. The Hall–Kier alpha value is -2.36. The Morgan fingerprint density at radius 2 is 1.95 bits per heavy atom. The monoisotopic (exact) mass is 273 g/mol. The smallest absolute Gasteiger partial charge is 0.162 e. The van der Waals surface area contributed by atoms with Gasteiger partial charge in [-0.2, -0.15) is 0 Å². The molecule has 0 radical (unpaired) electrons. The first kappa shape index (κ1) is 14.1. The number of hydrogen-bond acceptors (Lipinski definition) is 3. The molecule has 0 atom stereocenters. The number of carbonyl (C=O) groups excluding carboxylic acids is 1. The molecule has 2 aromatic rings. The fraction of sp³-hybridized carbons (Fsp3) is 0.188. The number of nitrogens with zero attached hydrogens (tertiary/aromatic N) is 1. The second kappa shape index (κ2) is 5.74. The number of ketones is 1. The number of ether oxygens (including phenoxy) is 1. The third kappa shape index (κ3) is 2.79. The molecule has 0 saturated heterocycles. The maximum absolute atomic E-state index is 13.3. The molecule has 0 aliphatic heterocycles. The highest BCUT2D eigenvalue weighted by Gasteiger charge is 2.14. The van der Waals surface area contributed by atoms with Crippen LogP contribution in [0.5, 0.6) is 5.75 Å². The second-order valence-electron chi connectivity index (χ2n) is 4.48. The quantitative estimate of drug-likeness (QED) is 0.793. The van der Waals surface area contributed by atoms with Gasteiger partial charge in [0.25, 0.3) is 0 Å². The van der Waals surface area contributed by atoms with Gasteiger partial charge < -0.3 is 9.64 Å². The second-order valence-corrected chi connectivity index (χ2v) is 4.48. The number of methoxy groups -OCH3 is 1. The van der Waals surface area contributed by atoms with Gasteiger partial charge in [-0.3, -0.25) is 4.79 Å². The van der Waals surface area contributed by atoms with E-state index in [4.69, 9.17) is 4.74 Å². The highest BCUT2D eigenvalue weighted by atomic mass is 19.1. The molecular formula is C16H16FNO2. The number of hydrogen-bond donors (Lipinski definition) is 0. The first-order valence-corrected chi connectivity index (χ1v) is 6.21. The van der Waals surface area contributed by atoms with Crippen molar-refractivity contribution in [2.45, 2.75) is 6.92 Å². The zero-order valence-corrected chi connectivity index (χ0v) is 11.7. The van der Waals surface area contributed by atoms with Crippen molar-refractivity contribution in [3.63, 3.8) is 0 Å². The zero-order valence-electron chi connectivity index (χ0n) is 11.7. The fourth-order valence-electron chi connectivity index (χ4n) is 2.04. The minimum absolute atomic E-state index is 0.172. The van der Waals surface area contributed by atoms with Crippen molar-refractivity contribution in [2.75, 3.05) is 19.1 Å². The van der Waals surface area contributed by atoms with Crippen molar-refractivity contribution >= 4 is 17.2 Å². The van der Waals surface area contributed by atoms with Gasteiger partial charge in [-0.25, -0.2) is 4.39 Å². The van der Waals surface area contributed by atoms with Crippen LogP contribution in [0.3, 0.4) is 0 Å². The van der Waals surface area contributed by atoms with E-state index in [0.717, 1.165) is 11.4 Å². The zero-order chi connectivity index (χ0) is 14.7. The van der Waals surface area contributed by atoms with Crippen LogP contribution in [0.1, 0.15) is 17.3 Å². The standard InChI is InChI=1S/C16H16FNO2/c1-11(19)15-9-12(17)7-8-16(15)18(2)13-5-4-6-14(10-13)20-3/h4-10H,1-3H3. The summed E-state index contributed by atoms with van der Waals surface area (Å²) < 4.78 is 18.5. The van der Waals surface area contributed by atoms with Gasteiger partial charge in [-0.05, 0) is 37.3 Å². The summed E-state index contributed by atoms with van der Waals surface area (Å²) in [7, 11) is 3.42. The molecule has 0 aromatic heterocycles. The van der Waals surface area contributed by atoms with Crippen LogP contribution in [0.15, 0.2) is 42.5 Å². The third-order valence-corrected chi connectivity index (χ3v) is 3.14. The van der Waals surface area contributed by atoms with Crippen molar-refractivity contribution in [3.8, 4) is 5.75 Å². The van der Waals surface area contributed by atoms with Crippen LogP contribution in [0.25, 0.3) is 0 Å². The lowest BCUT2D eigenvalue weighted by atomic mass is 10.1. The van der Waals surface area contributed by atoms with E-state index in [1.54, 1.807) is 13.2 Å². The maximum Gasteiger partial charge on any atom is 0.162 e. The molecule has 0 aliphatic rings. The third-order valence-electron chi connectivity index (χ3n) is 3.14. The molecule has 0 saturated carbocycles. The minimum Gasteiger partial charge on any atom is -0.497 e. The van der Waals surface area contributed by atoms with E-state index in [1.165, 1.54) is 19.1 Å². The average Bonchev–Trinajstić information content (AvgIpc) is 2.46. The molecule has 0 amide bonds. The lowest BCUT2D eigenvalue weighted by molar-refractivity contribution is 0.101. The number of halogens is 1. The van der Waals surface area contributed by atoms with Gasteiger partial charge in [0.2, 0.25) is 0 Å². The first-order chi connectivity index (χ1) is 9.52. The number of carbonyl (C=O) groups is 1. The Labute approximate surface area is 117 Å². The molecular weight excluding hydrogens is 257 g/mol. The van der Waals surface area contributed by atoms with Crippen LogP contribution in [0, 0.1) is 5.82 Å². The summed E-state index contributed by atoms with van der Waals surface area (Å²) >= 11 is 0. The van der Waals surface area contributed by atoms with Gasteiger partial charge in [-0.15, -0.1) is 0 Å². The summed E-state index contributed by atoms with van der Waals surface area (Å²) in [6, 6.07) is 11.7. The Morgan fingerprint density at radius 1 is 1.20 bits per heavy atom. The van der Waals surface area contributed by atoms with Gasteiger partial charge in [0.05, 0.1) is 12.8 Å². The largest absolute Gasteiger partial charge is 0.497 e. The topological polar surface area (TPSA) is 29.5 Å². The van der Waals surface area contributed by atoms with E-state index in [-0.39, 0.29) is 5.78 Å². The van der Waals surface area contributed by atoms with Crippen LogP contribution in [-0.4, -0.2) is 19.9 Å². The van der Waals surface area contributed by atoms with Crippen molar-refractivity contribution in [1.82, 2.24) is 0 Å². The summed E-state index contributed by atoms with van der Waals surface area (Å²) in [4.78, 5) is 13.5. The van der Waals surface area contributed by atoms with Gasteiger partial charge in [0.1, 0.15) is 11.6 Å². The predicted molar refractivity (Wildman–Crippen MR) is 77.5 cm³/mol. The number of benzene rings is 2. The highest BCUT2D eigenvalue weighted by molar-refractivity contribution is 6.00. The summed E-state index contributed by atoms with van der Waals surface area (Å²) in [6.45, 7) is 1.43. The summed E-state index contributed by atoms with van der Waals surface area (Å²) in [5.41, 5.74) is 1.88. The van der Waals surface area contributed by atoms with Crippen LogP contribution in [0.2, 0.25) is 0 Å². The van der Waals surface area contributed by atoms with Crippen LogP contribution < -0.4 is 9.64 Å². The minimum atomic E-state index is -0.419. The summed E-state index contributed by atoms with van der Waals surface area (Å²) in [6.07, 6.45) is 0. The van der Waals surface area contributed by atoms with Gasteiger partial charge in [0.15, 0.2) is 5.78 Å². The Bertz CT molecular complexity index is 640. The molecule has 0 spiro atoms. The molecule has 0 fully saturated rings. The normalized spacial score (nSPS) is 10.2. The molecule has 0 bridgehead atoms. The van der Waals surface area contributed by atoms with E-state index in [1.807, 2.05) is 36.2 Å².